The summed E-state index contributed by atoms with van der Waals surface area (Å²) in [5.41, 5.74) is 0.823. The van der Waals surface area contributed by atoms with E-state index in [2.05, 4.69) is 5.32 Å². The van der Waals surface area contributed by atoms with Gasteiger partial charge in [-0.3, -0.25) is 4.79 Å². The van der Waals surface area contributed by atoms with Gasteiger partial charge in [0.1, 0.15) is 5.38 Å². The molecule has 0 aliphatic heterocycles. The minimum absolute atomic E-state index is 0.147. The Balaban J connectivity index is 2.48. The van der Waals surface area contributed by atoms with Crippen molar-refractivity contribution in [2.45, 2.75) is 18.3 Å². The molecule has 0 aliphatic rings. The van der Waals surface area contributed by atoms with E-state index >= 15 is 0 Å². The first-order valence-electron chi connectivity index (χ1n) is 5.65. The van der Waals surface area contributed by atoms with Gasteiger partial charge in [-0.05, 0) is 26.6 Å². The Bertz CT molecular complexity index is 354. The molecule has 0 radical (unpaired) electrons. The van der Waals surface area contributed by atoms with Gasteiger partial charge >= 0.3 is 0 Å². The van der Waals surface area contributed by atoms with Crippen LogP contribution in [0.5, 0.6) is 0 Å². The number of alkyl halides is 1. The van der Waals surface area contributed by atoms with Crippen LogP contribution >= 0.6 is 11.6 Å². The summed E-state index contributed by atoms with van der Waals surface area (Å²) in [5.74, 6) is -0.147. The van der Waals surface area contributed by atoms with E-state index in [-0.39, 0.29) is 5.91 Å². The van der Waals surface area contributed by atoms with E-state index in [0.29, 0.717) is 12.6 Å². The van der Waals surface area contributed by atoms with Gasteiger partial charge in [-0.15, -0.1) is 11.6 Å². The van der Waals surface area contributed by atoms with Gasteiger partial charge in [0.25, 0.3) is 0 Å². The zero-order chi connectivity index (χ0) is 12.8. The third-order valence-electron chi connectivity index (χ3n) is 2.78. The van der Waals surface area contributed by atoms with Gasteiger partial charge in [-0.25, -0.2) is 0 Å². The van der Waals surface area contributed by atoms with E-state index in [1.807, 2.05) is 56.3 Å². The van der Waals surface area contributed by atoms with E-state index in [1.54, 1.807) is 0 Å². The highest BCUT2D eigenvalue weighted by atomic mass is 35.5. The molecule has 94 valence electrons. The van der Waals surface area contributed by atoms with Crippen molar-refractivity contribution in [1.82, 2.24) is 10.2 Å². The summed E-state index contributed by atoms with van der Waals surface area (Å²) in [6, 6.07) is 9.65. The number of rotatable bonds is 5. The zero-order valence-corrected chi connectivity index (χ0v) is 11.2. The van der Waals surface area contributed by atoms with Crippen LogP contribution in [-0.2, 0) is 4.79 Å². The highest BCUT2D eigenvalue weighted by Gasteiger charge is 2.17. The fraction of sp³-hybridized carbons (Fsp3) is 0.462. The van der Waals surface area contributed by atoms with Gasteiger partial charge < -0.3 is 10.2 Å². The minimum atomic E-state index is -0.620. The van der Waals surface area contributed by atoms with Crippen molar-refractivity contribution in [3.8, 4) is 0 Å². The Kier molecular flexibility index (Phi) is 5.45. The number of hydrogen-bond acceptors (Lipinski definition) is 2. The molecule has 0 bridgehead atoms. The van der Waals surface area contributed by atoms with Gasteiger partial charge in [-0.1, -0.05) is 30.3 Å². The second kappa shape index (κ2) is 6.62. The highest BCUT2D eigenvalue weighted by Crippen LogP contribution is 2.19. The lowest BCUT2D eigenvalue weighted by Gasteiger charge is -2.20. The van der Waals surface area contributed by atoms with Crippen molar-refractivity contribution in [2.75, 3.05) is 20.6 Å². The molecule has 1 amide bonds. The molecule has 4 heteroatoms. The molecule has 0 aliphatic carbocycles. The topological polar surface area (TPSA) is 32.3 Å². The van der Waals surface area contributed by atoms with Crippen LogP contribution < -0.4 is 5.32 Å². The maximum Gasteiger partial charge on any atom is 0.242 e. The molecule has 0 saturated heterocycles. The summed E-state index contributed by atoms with van der Waals surface area (Å²) < 4.78 is 0. The van der Waals surface area contributed by atoms with Gasteiger partial charge in [0.2, 0.25) is 5.91 Å². The quantitative estimate of drug-likeness (QED) is 0.816. The molecule has 1 aromatic rings. The van der Waals surface area contributed by atoms with Crippen molar-refractivity contribution < 1.29 is 4.79 Å². The molecule has 0 aromatic heterocycles. The molecule has 3 nitrogen and oxygen atoms in total. The van der Waals surface area contributed by atoms with Gasteiger partial charge in [0.05, 0.1) is 0 Å². The summed E-state index contributed by atoms with van der Waals surface area (Å²) in [4.78, 5) is 13.9. The Morgan fingerprint density at radius 3 is 2.47 bits per heavy atom. The predicted octanol–water partition coefficient (Wildman–Crippen LogP) is 2.03. The van der Waals surface area contributed by atoms with E-state index in [0.717, 1.165) is 5.56 Å². The smallest absolute Gasteiger partial charge is 0.242 e. The lowest BCUT2D eigenvalue weighted by molar-refractivity contribution is -0.121. The molecule has 0 heterocycles. The number of benzene rings is 1. The Hall–Kier alpha value is -1.06. The van der Waals surface area contributed by atoms with Crippen LogP contribution in [-0.4, -0.2) is 37.5 Å². The van der Waals surface area contributed by atoms with Gasteiger partial charge in [0.15, 0.2) is 0 Å². The van der Waals surface area contributed by atoms with Crippen LogP contribution in [0.2, 0.25) is 0 Å². The predicted molar refractivity (Wildman–Crippen MR) is 71.2 cm³/mol. The van der Waals surface area contributed by atoms with Crippen molar-refractivity contribution in [2.24, 2.45) is 0 Å². The minimum Gasteiger partial charge on any atom is -0.353 e. The van der Waals surface area contributed by atoms with Crippen LogP contribution in [0.15, 0.2) is 30.3 Å². The molecular weight excluding hydrogens is 236 g/mol. The third-order valence-corrected chi connectivity index (χ3v) is 3.23. The van der Waals surface area contributed by atoms with Gasteiger partial charge in [-0.2, -0.15) is 0 Å². The lowest BCUT2D eigenvalue weighted by atomic mass is 10.1. The first-order valence-corrected chi connectivity index (χ1v) is 6.09. The molecule has 0 fully saturated rings. The summed E-state index contributed by atoms with van der Waals surface area (Å²) in [7, 11) is 3.96. The van der Waals surface area contributed by atoms with Crippen LogP contribution in [0.1, 0.15) is 17.9 Å². The summed E-state index contributed by atoms with van der Waals surface area (Å²) >= 11 is 6.09. The fourth-order valence-corrected chi connectivity index (χ4v) is 1.52. The number of nitrogens with zero attached hydrogens (tertiary/aromatic N) is 1. The highest BCUT2D eigenvalue weighted by molar-refractivity contribution is 6.30. The number of carbonyl (C=O) groups is 1. The van der Waals surface area contributed by atoms with Crippen molar-refractivity contribution >= 4 is 17.5 Å². The largest absolute Gasteiger partial charge is 0.353 e. The van der Waals surface area contributed by atoms with E-state index in [1.165, 1.54) is 0 Å². The van der Waals surface area contributed by atoms with Gasteiger partial charge in [0, 0.05) is 12.6 Å². The van der Waals surface area contributed by atoms with E-state index in [9.17, 15) is 4.79 Å². The maximum absolute atomic E-state index is 11.8. The molecule has 0 saturated carbocycles. The number of nitrogens with one attached hydrogen (secondary N) is 1. The average molecular weight is 255 g/mol. The number of halogens is 1. The van der Waals surface area contributed by atoms with Crippen LogP contribution in [0.25, 0.3) is 0 Å². The monoisotopic (exact) mass is 254 g/mol. The number of likely N-dealkylation sites (N-methyl/N-ethyl adjacent to an activating group) is 1. The van der Waals surface area contributed by atoms with Crippen LogP contribution in [0.3, 0.4) is 0 Å². The summed E-state index contributed by atoms with van der Waals surface area (Å²) in [6.45, 7) is 2.65. The second-order valence-corrected chi connectivity index (χ2v) is 4.77. The molecule has 1 rings (SSSR count). The second-order valence-electron chi connectivity index (χ2n) is 4.33. The summed E-state index contributed by atoms with van der Waals surface area (Å²) in [5, 5.41) is 2.23. The number of amides is 1. The zero-order valence-electron chi connectivity index (χ0n) is 10.5. The van der Waals surface area contributed by atoms with Crippen molar-refractivity contribution in [1.29, 1.82) is 0 Å². The number of hydrogen-bond donors (Lipinski definition) is 1. The molecule has 2 atom stereocenters. The normalized spacial score (nSPS) is 14.4. The molecule has 2 unspecified atom stereocenters. The lowest BCUT2D eigenvalue weighted by Crippen LogP contribution is -2.39. The summed E-state index contributed by atoms with van der Waals surface area (Å²) in [6.07, 6.45) is 0. The van der Waals surface area contributed by atoms with E-state index < -0.39 is 5.38 Å². The first-order chi connectivity index (χ1) is 8.02. The average Bonchev–Trinajstić information content (AvgIpc) is 2.35. The molecule has 1 N–H and O–H groups in total. The molecule has 1 aromatic carbocycles. The van der Waals surface area contributed by atoms with Crippen LogP contribution in [0.4, 0.5) is 0 Å². The van der Waals surface area contributed by atoms with Crippen molar-refractivity contribution in [3.63, 3.8) is 0 Å². The Morgan fingerprint density at radius 2 is 1.94 bits per heavy atom. The Morgan fingerprint density at radius 1 is 1.35 bits per heavy atom. The molecular formula is C13H19ClN2O. The maximum atomic E-state index is 11.8. The van der Waals surface area contributed by atoms with Crippen molar-refractivity contribution in [3.05, 3.63) is 35.9 Å². The first kappa shape index (κ1) is 14.0. The molecule has 0 spiro atoms. The fourth-order valence-electron chi connectivity index (χ4n) is 1.29. The SMILES string of the molecule is CC(CNC(=O)C(Cl)c1ccccc1)N(C)C. The number of carbonyl (C=O) groups excluding carboxylic acids is 1. The van der Waals surface area contributed by atoms with E-state index in [4.69, 9.17) is 11.6 Å². The van der Waals surface area contributed by atoms with Crippen LogP contribution in [0, 0.1) is 0 Å². The standard InChI is InChI=1S/C13H19ClN2O/c1-10(16(2)3)9-15-13(17)12(14)11-7-5-4-6-8-11/h4-8,10,12H,9H2,1-3H3,(H,15,17). The third kappa shape index (κ3) is 4.36. The Labute approximate surface area is 108 Å². The molecule has 17 heavy (non-hydrogen) atoms.